The van der Waals surface area contributed by atoms with Gasteiger partial charge in [-0.25, -0.2) is 4.79 Å². The number of hydrogen-bond acceptors (Lipinski definition) is 4. The normalized spacial score (nSPS) is 28.2. The van der Waals surface area contributed by atoms with Gasteiger partial charge in [0.05, 0.1) is 19.3 Å². The summed E-state index contributed by atoms with van der Waals surface area (Å²) >= 11 is 0. The van der Waals surface area contributed by atoms with Gasteiger partial charge in [-0.1, -0.05) is 0 Å². The van der Waals surface area contributed by atoms with Crippen LogP contribution in [0.2, 0.25) is 0 Å². The fourth-order valence-electron chi connectivity index (χ4n) is 2.98. The third-order valence-corrected chi connectivity index (χ3v) is 3.83. The Hall–Kier alpha value is -1.33. The quantitative estimate of drug-likeness (QED) is 0.886. The largest absolute Gasteiger partial charge is 0.475 e. The van der Waals surface area contributed by atoms with E-state index in [0.29, 0.717) is 18.7 Å². The predicted molar refractivity (Wildman–Crippen MR) is 63.5 cm³/mol. The zero-order valence-electron chi connectivity index (χ0n) is 10.2. The van der Waals surface area contributed by atoms with E-state index in [-0.39, 0.29) is 5.76 Å². The molecule has 5 nitrogen and oxygen atoms in total. The minimum Gasteiger partial charge on any atom is -0.475 e. The molecule has 1 aliphatic carbocycles. The van der Waals surface area contributed by atoms with E-state index in [1.54, 1.807) is 6.07 Å². The number of rotatable bonds is 3. The number of furan rings is 1. The second kappa shape index (κ2) is 4.74. The molecule has 5 heteroatoms. The van der Waals surface area contributed by atoms with Crippen molar-refractivity contribution in [3.8, 4) is 0 Å². The van der Waals surface area contributed by atoms with Gasteiger partial charge in [-0.2, -0.15) is 0 Å². The number of carboxylic acids is 1. The summed E-state index contributed by atoms with van der Waals surface area (Å²) in [5.41, 5.74) is 0. The smallest absolute Gasteiger partial charge is 0.371 e. The monoisotopic (exact) mass is 251 g/mol. The second-order valence-electron chi connectivity index (χ2n) is 4.95. The number of hydrogen-bond donors (Lipinski definition) is 1. The number of ether oxygens (including phenoxy) is 1. The molecule has 1 aromatic rings. The Morgan fingerprint density at radius 1 is 1.44 bits per heavy atom. The summed E-state index contributed by atoms with van der Waals surface area (Å²) in [6.07, 6.45) is 3.87. The highest BCUT2D eigenvalue weighted by Crippen LogP contribution is 2.30. The first-order chi connectivity index (χ1) is 8.74. The van der Waals surface area contributed by atoms with Crippen LogP contribution in [-0.2, 0) is 11.3 Å². The van der Waals surface area contributed by atoms with Gasteiger partial charge < -0.3 is 14.3 Å². The van der Waals surface area contributed by atoms with E-state index in [9.17, 15) is 4.79 Å². The maximum Gasteiger partial charge on any atom is 0.371 e. The van der Waals surface area contributed by atoms with Gasteiger partial charge in [0.15, 0.2) is 0 Å². The van der Waals surface area contributed by atoms with Crippen molar-refractivity contribution in [2.45, 2.75) is 38.0 Å². The molecule has 1 N–H and O–H groups in total. The minimum absolute atomic E-state index is 0.0150. The SMILES string of the molecule is O=C(O)c1ccc(CN2CCOC3CCCC32)o1. The van der Waals surface area contributed by atoms with Crippen LogP contribution in [0.5, 0.6) is 0 Å². The molecule has 3 rings (SSSR count). The van der Waals surface area contributed by atoms with Crippen molar-refractivity contribution < 1.29 is 19.1 Å². The molecule has 2 heterocycles. The van der Waals surface area contributed by atoms with E-state index in [1.807, 2.05) is 0 Å². The summed E-state index contributed by atoms with van der Waals surface area (Å²) in [5.74, 6) is -0.275. The summed E-state index contributed by atoms with van der Waals surface area (Å²) < 4.78 is 11.1. The molecule has 18 heavy (non-hydrogen) atoms. The average Bonchev–Trinajstić information content (AvgIpc) is 2.97. The highest BCUT2D eigenvalue weighted by atomic mass is 16.5. The van der Waals surface area contributed by atoms with E-state index >= 15 is 0 Å². The minimum atomic E-state index is -1.01. The summed E-state index contributed by atoms with van der Waals surface area (Å²) in [6, 6.07) is 3.74. The molecule has 1 saturated carbocycles. The van der Waals surface area contributed by atoms with Crippen LogP contribution in [0.3, 0.4) is 0 Å². The molecule has 1 aromatic heterocycles. The van der Waals surface area contributed by atoms with Crippen molar-refractivity contribution in [3.05, 3.63) is 23.7 Å². The third-order valence-electron chi connectivity index (χ3n) is 3.83. The molecule has 2 unspecified atom stereocenters. The van der Waals surface area contributed by atoms with Crippen LogP contribution in [0, 0.1) is 0 Å². The number of carboxylic acid groups (broad SMARTS) is 1. The van der Waals surface area contributed by atoms with E-state index in [0.717, 1.165) is 31.8 Å². The maximum atomic E-state index is 10.8. The summed E-state index contributed by atoms with van der Waals surface area (Å²) in [4.78, 5) is 13.1. The first-order valence-electron chi connectivity index (χ1n) is 6.42. The van der Waals surface area contributed by atoms with Crippen molar-refractivity contribution in [2.75, 3.05) is 13.2 Å². The van der Waals surface area contributed by atoms with Crippen molar-refractivity contribution in [1.29, 1.82) is 0 Å². The molecule has 2 atom stereocenters. The molecule has 0 bridgehead atoms. The van der Waals surface area contributed by atoms with Gasteiger partial charge in [0.25, 0.3) is 0 Å². The van der Waals surface area contributed by atoms with Crippen LogP contribution < -0.4 is 0 Å². The lowest BCUT2D eigenvalue weighted by molar-refractivity contribution is -0.0607. The Balaban J connectivity index is 1.69. The summed E-state index contributed by atoms with van der Waals surface area (Å²) in [5, 5.41) is 8.83. The van der Waals surface area contributed by atoms with E-state index < -0.39 is 5.97 Å². The Bertz CT molecular complexity index is 442. The zero-order chi connectivity index (χ0) is 12.5. The average molecular weight is 251 g/mol. The van der Waals surface area contributed by atoms with Crippen LogP contribution in [-0.4, -0.2) is 41.3 Å². The first-order valence-corrected chi connectivity index (χ1v) is 6.42. The van der Waals surface area contributed by atoms with Crippen LogP contribution in [0.15, 0.2) is 16.5 Å². The van der Waals surface area contributed by atoms with Gasteiger partial charge in [-0.15, -0.1) is 0 Å². The van der Waals surface area contributed by atoms with Crippen molar-refractivity contribution in [3.63, 3.8) is 0 Å². The van der Waals surface area contributed by atoms with Gasteiger partial charge in [0.2, 0.25) is 5.76 Å². The van der Waals surface area contributed by atoms with Crippen LogP contribution >= 0.6 is 0 Å². The summed E-state index contributed by atoms with van der Waals surface area (Å²) in [7, 11) is 0. The van der Waals surface area contributed by atoms with E-state index in [2.05, 4.69) is 4.90 Å². The van der Waals surface area contributed by atoms with Gasteiger partial charge in [-0.3, -0.25) is 4.90 Å². The maximum absolute atomic E-state index is 10.8. The Labute approximate surface area is 105 Å². The summed E-state index contributed by atoms with van der Waals surface area (Å²) in [6.45, 7) is 2.33. The molecule has 0 spiro atoms. The molecular formula is C13H17NO4. The van der Waals surface area contributed by atoms with Gasteiger partial charge in [0.1, 0.15) is 5.76 Å². The molecule has 2 fully saturated rings. The number of aromatic carboxylic acids is 1. The fraction of sp³-hybridized carbons (Fsp3) is 0.615. The van der Waals surface area contributed by atoms with Crippen molar-refractivity contribution >= 4 is 5.97 Å². The van der Waals surface area contributed by atoms with Gasteiger partial charge in [-0.05, 0) is 31.4 Å². The van der Waals surface area contributed by atoms with Crippen molar-refractivity contribution in [1.82, 2.24) is 4.90 Å². The van der Waals surface area contributed by atoms with Gasteiger partial charge >= 0.3 is 5.97 Å². The highest BCUT2D eigenvalue weighted by molar-refractivity contribution is 5.84. The van der Waals surface area contributed by atoms with E-state index in [1.165, 1.54) is 12.5 Å². The topological polar surface area (TPSA) is 62.9 Å². The first kappa shape index (κ1) is 11.7. The van der Waals surface area contributed by atoms with Gasteiger partial charge in [0, 0.05) is 12.6 Å². The lowest BCUT2D eigenvalue weighted by Gasteiger charge is -2.37. The molecule has 0 radical (unpaired) electrons. The number of carbonyl (C=O) groups is 1. The molecule has 1 aliphatic heterocycles. The Morgan fingerprint density at radius 3 is 3.11 bits per heavy atom. The lowest BCUT2D eigenvalue weighted by atomic mass is 10.1. The number of nitrogens with zero attached hydrogens (tertiary/aromatic N) is 1. The van der Waals surface area contributed by atoms with E-state index in [4.69, 9.17) is 14.3 Å². The van der Waals surface area contributed by atoms with Crippen LogP contribution in [0.25, 0.3) is 0 Å². The molecular weight excluding hydrogens is 234 g/mol. The molecule has 0 amide bonds. The van der Waals surface area contributed by atoms with Crippen LogP contribution in [0.1, 0.15) is 35.6 Å². The molecule has 98 valence electrons. The Kier molecular flexibility index (Phi) is 3.09. The zero-order valence-corrected chi connectivity index (χ0v) is 10.2. The lowest BCUT2D eigenvalue weighted by Crippen LogP contribution is -2.47. The third kappa shape index (κ3) is 2.15. The van der Waals surface area contributed by atoms with Crippen molar-refractivity contribution in [2.24, 2.45) is 0 Å². The molecule has 0 aromatic carbocycles. The highest BCUT2D eigenvalue weighted by Gasteiger charge is 2.36. The van der Waals surface area contributed by atoms with Crippen LogP contribution in [0.4, 0.5) is 0 Å². The molecule has 2 aliphatic rings. The number of morpholine rings is 1. The predicted octanol–water partition coefficient (Wildman–Crippen LogP) is 1.73. The Morgan fingerprint density at radius 2 is 2.33 bits per heavy atom. The second-order valence-corrected chi connectivity index (χ2v) is 4.95. The number of fused-ring (bicyclic) bond motifs is 1. The fourth-order valence-corrected chi connectivity index (χ4v) is 2.98. The standard InChI is InChI=1S/C13H17NO4/c15-13(16)12-5-4-9(18-12)8-14-6-7-17-11-3-1-2-10(11)14/h4-5,10-11H,1-3,6-8H2,(H,15,16). The molecule has 1 saturated heterocycles.